The molecule has 0 aliphatic heterocycles. The van der Waals surface area contributed by atoms with Crippen molar-refractivity contribution in [2.75, 3.05) is 0 Å². The summed E-state index contributed by atoms with van der Waals surface area (Å²) in [5, 5.41) is 26.7. The second kappa shape index (κ2) is 22.8. The summed E-state index contributed by atoms with van der Waals surface area (Å²) < 4.78 is 0. The molecule has 0 aromatic carbocycles. The van der Waals surface area contributed by atoms with Gasteiger partial charge in [0.1, 0.15) is 0 Å². The number of carbonyl (C=O) groups excluding carboxylic acids is 3. The van der Waals surface area contributed by atoms with Crippen molar-refractivity contribution < 1.29 is 29.7 Å². The van der Waals surface area contributed by atoms with Crippen LogP contribution < -0.4 is 21.5 Å². The van der Waals surface area contributed by atoms with Gasteiger partial charge in [-0.3, -0.25) is 0 Å². The minimum absolute atomic E-state index is 0. The number of aliphatic carboxylic acids is 3. The van der Waals surface area contributed by atoms with Gasteiger partial charge in [0.2, 0.25) is 0 Å². The van der Waals surface area contributed by atoms with Gasteiger partial charge in [0.15, 0.2) is 0 Å². The van der Waals surface area contributed by atoms with Crippen LogP contribution in [-0.4, -0.2) is 42.3 Å². The van der Waals surface area contributed by atoms with Crippen molar-refractivity contribution in [3.63, 3.8) is 0 Å². The molecule has 0 atom stereocenters. The topological polar surface area (TPSA) is 155 Å². The summed E-state index contributed by atoms with van der Waals surface area (Å²) in [4.78, 5) is 26.7. The summed E-state index contributed by atoms with van der Waals surface area (Å²) in [6.45, 7) is 2.92. The fraction of sp³-hybridized carbons (Fsp3) is 0.500. The number of carboxylic acids is 3. The molecule has 14 heavy (non-hydrogen) atoms. The Labute approximate surface area is 99.1 Å². The van der Waals surface area contributed by atoms with Gasteiger partial charge in [0.05, 0.1) is 0 Å². The summed E-state index contributed by atoms with van der Waals surface area (Å²) in [6.07, 6.45) is 0. The molecule has 0 rings (SSSR count). The number of carbonyl (C=O) groups is 3. The van der Waals surface area contributed by atoms with E-state index in [2.05, 4.69) is 0 Å². The maximum Gasteiger partial charge on any atom is 3.00 e. The molecule has 7 nitrogen and oxygen atoms in total. The zero-order valence-corrected chi connectivity index (χ0v) is 10.7. The van der Waals surface area contributed by atoms with Gasteiger partial charge in [-0.1, -0.05) is 0 Å². The first kappa shape index (κ1) is 29.2. The van der Waals surface area contributed by atoms with Crippen molar-refractivity contribution >= 4 is 42.3 Å². The maximum absolute atomic E-state index is 8.89. The van der Waals surface area contributed by atoms with Crippen LogP contribution in [0.15, 0.2) is 0 Å². The van der Waals surface area contributed by atoms with Crippen LogP contribution in [0, 0.1) is 0 Å². The minimum Gasteiger partial charge on any atom is -0.550 e. The van der Waals surface area contributed by atoms with Crippen molar-refractivity contribution in [2.45, 2.75) is 20.8 Å². The van der Waals surface area contributed by atoms with Gasteiger partial charge in [-0.25, -0.2) is 0 Å². The third kappa shape index (κ3) is 1760. The van der Waals surface area contributed by atoms with E-state index in [0.717, 1.165) is 20.8 Å². The van der Waals surface area contributed by atoms with Gasteiger partial charge in [0.25, 0.3) is 0 Å². The monoisotopic (exact) mass is 315 g/mol. The predicted octanol–water partition coefficient (Wildman–Crippen LogP) is -3.95. The van der Waals surface area contributed by atoms with E-state index >= 15 is 0 Å². The Morgan fingerprint density at radius 3 is 0.714 bits per heavy atom. The Morgan fingerprint density at radius 2 is 0.714 bits per heavy atom. The average molecular weight is 316 g/mol. The molecule has 0 aliphatic carbocycles. The van der Waals surface area contributed by atoms with Gasteiger partial charge >= 0.3 is 24.4 Å². The Morgan fingerprint density at radius 1 is 0.714 bits per heavy atom. The Kier molecular flexibility index (Phi) is 47.5. The normalized spacial score (nSPS) is 5.36. The van der Waals surface area contributed by atoms with Crippen LogP contribution in [0.3, 0.4) is 0 Å². The number of hydrogen-bond acceptors (Lipinski definition) is 7. The summed E-state index contributed by atoms with van der Waals surface area (Å²) in [7, 11) is 0. The molecule has 0 amide bonds. The molecular weight excluding hydrogens is 304 g/mol. The molecule has 0 aromatic heterocycles. The van der Waals surface area contributed by atoms with Gasteiger partial charge < -0.3 is 35.9 Å². The zero-order chi connectivity index (χ0) is 10.7. The Hall–Kier alpha value is -0.812. The third-order valence-corrected chi connectivity index (χ3v) is 0. The second-order valence-corrected chi connectivity index (χ2v) is 1.47. The smallest absolute Gasteiger partial charge is 0.550 e. The van der Waals surface area contributed by atoms with Crippen LogP contribution in [0.1, 0.15) is 20.8 Å². The summed E-state index contributed by atoms with van der Waals surface area (Å²) in [5.41, 5.74) is 0. The van der Waals surface area contributed by atoms with E-state index < -0.39 is 17.9 Å². The van der Waals surface area contributed by atoms with Crippen molar-refractivity contribution in [1.29, 1.82) is 0 Å². The van der Waals surface area contributed by atoms with Gasteiger partial charge in [0, 0.05) is 17.9 Å². The minimum atomic E-state index is -1.08. The van der Waals surface area contributed by atoms with E-state index in [4.69, 9.17) is 29.7 Å². The Balaban J connectivity index is -0.0000000270. The molecule has 82 valence electrons. The molecule has 8 heteroatoms. The van der Waals surface area contributed by atoms with Crippen LogP contribution in [0.5, 0.6) is 0 Å². The molecule has 2 radical (unpaired) electrons. The first-order chi connectivity index (χ1) is 5.20. The van der Waals surface area contributed by atoms with Crippen LogP contribution in [0.25, 0.3) is 0 Å². The van der Waals surface area contributed by atoms with E-state index in [0.29, 0.717) is 0 Å². The Bertz CT molecular complexity index is 120. The molecule has 0 unspecified atom stereocenters. The van der Waals surface area contributed by atoms with Crippen molar-refractivity contribution in [3.8, 4) is 0 Å². The van der Waals surface area contributed by atoms with Crippen LogP contribution in [-0.2, 0) is 14.4 Å². The molecular formula is C6H12NO6Sb. The molecule has 0 aromatic rings. The standard InChI is InChI=1S/3C2H4O2.H3N.Sb/c3*1-2(3)4;;/h3*1H3,(H,3,4);1H3;/q;;;;+3/p-3. The molecule has 0 saturated carbocycles. The van der Waals surface area contributed by atoms with Crippen LogP contribution in [0.2, 0.25) is 0 Å². The molecule has 0 saturated heterocycles. The second-order valence-electron chi connectivity index (χ2n) is 1.47. The van der Waals surface area contributed by atoms with E-state index in [1.54, 1.807) is 0 Å². The van der Waals surface area contributed by atoms with E-state index in [1.807, 2.05) is 0 Å². The maximum atomic E-state index is 8.89. The molecule has 0 bridgehead atoms. The van der Waals surface area contributed by atoms with E-state index in [9.17, 15) is 0 Å². The molecule has 0 heterocycles. The SMILES string of the molecule is CC(=O)[O-].CC(=O)[O-].CC(=O)[O-].N.[Sb+3]. The average Bonchev–Trinajstić information content (AvgIpc) is 1.54. The van der Waals surface area contributed by atoms with E-state index in [1.165, 1.54) is 0 Å². The molecule has 3 N–H and O–H groups in total. The van der Waals surface area contributed by atoms with Crippen molar-refractivity contribution in [3.05, 3.63) is 0 Å². The first-order valence-electron chi connectivity index (χ1n) is 2.72. The summed E-state index contributed by atoms with van der Waals surface area (Å²) >= 11 is 0. The van der Waals surface area contributed by atoms with Crippen molar-refractivity contribution in [1.82, 2.24) is 6.15 Å². The van der Waals surface area contributed by atoms with Crippen LogP contribution in [0.4, 0.5) is 0 Å². The quantitative estimate of drug-likeness (QED) is 0.447. The van der Waals surface area contributed by atoms with Crippen molar-refractivity contribution in [2.24, 2.45) is 0 Å². The largest absolute Gasteiger partial charge is 3.00 e. The number of hydrogen-bond donors (Lipinski definition) is 1. The predicted molar refractivity (Wildman–Crippen MR) is 42.8 cm³/mol. The summed E-state index contributed by atoms with van der Waals surface area (Å²) in [5.74, 6) is -3.25. The number of carboxylic acid groups (broad SMARTS) is 3. The fourth-order valence-corrected chi connectivity index (χ4v) is 0. The van der Waals surface area contributed by atoms with E-state index in [-0.39, 0.29) is 30.6 Å². The van der Waals surface area contributed by atoms with Crippen LogP contribution >= 0.6 is 0 Å². The van der Waals surface area contributed by atoms with Gasteiger partial charge in [-0.05, 0) is 20.8 Å². The first-order valence-corrected chi connectivity index (χ1v) is 2.72. The molecule has 0 aliphatic rings. The fourth-order valence-electron chi connectivity index (χ4n) is 0. The summed E-state index contributed by atoms with van der Waals surface area (Å²) in [6, 6.07) is 0. The van der Waals surface area contributed by atoms with Gasteiger partial charge in [-0.15, -0.1) is 0 Å². The van der Waals surface area contributed by atoms with Gasteiger partial charge in [-0.2, -0.15) is 0 Å². The third-order valence-electron chi connectivity index (χ3n) is 0. The molecule has 0 fully saturated rings. The zero-order valence-electron chi connectivity index (χ0n) is 8.10. The number of rotatable bonds is 0. The molecule has 0 spiro atoms.